The standard InChI is InChI=1S/C12H23NOS2/c1-6-12(7-2,16-9-15-8-3)11(4,5)10(13)14/h6H,1,7-9H2,2-5H3,(H2,13,14)/p-1. The SMILES string of the molecule is C=CC(CC)(SCSCC)C(C)(C)C(=N)[O-]. The number of hydrogen-bond acceptors (Lipinski definition) is 4. The molecule has 1 unspecified atom stereocenters. The second kappa shape index (κ2) is 6.60. The van der Waals surface area contributed by atoms with Crippen molar-refractivity contribution < 1.29 is 5.11 Å². The molecule has 0 saturated heterocycles. The van der Waals surface area contributed by atoms with Crippen molar-refractivity contribution in [3.8, 4) is 0 Å². The van der Waals surface area contributed by atoms with Crippen LogP contribution in [0.25, 0.3) is 0 Å². The minimum Gasteiger partial charge on any atom is -0.862 e. The molecule has 0 fully saturated rings. The summed E-state index contributed by atoms with van der Waals surface area (Å²) in [5.41, 5.74) is -0.678. The number of nitrogens with one attached hydrogen (secondary N) is 1. The first kappa shape index (κ1) is 15.9. The predicted molar refractivity (Wildman–Crippen MR) is 75.3 cm³/mol. The maximum atomic E-state index is 11.5. The van der Waals surface area contributed by atoms with Crippen molar-refractivity contribution in [3.63, 3.8) is 0 Å². The summed E-state index contributed by atoms with van der Waals surface area (Å²) in [7, 11) is 0. The van der Waals surface area contributed by atoms with Crippen LogP contribution >= 0.6 is 23.5 Å². The molecule has 0 aromatic rings. The van der Waals surface area contributed by atoms with E-state index >= 15 is 0 Å². The van der Waals surface area contributed by atoms with Gasteiger partial charge in [-0.1, -0.05) is 33.8 Å². The van der Waals surface area contributed by atoms with Gasteiger partial charge in [0, 0.05) is 15.2 Å². The van der Waals surface area contributed by atoms with Gasteiger partial charge in [-0.05, 0) is 18.1 Å². The highest BCUT2D eigenvalue weighted by molar-refractivity contribution is 8.16. The number of rotatable bonds is 8. The average molecular weight is 260 g/mol. The Kier molecular flexibility index (Phi) is 6.56. The predicted octanol–water partition coefficient (Wildman–Crippen LogP) is 3.13. The van der Waals surface area contributed by atoms with Gasteiger partial charge in [0.15, 0.2) is 0 Å². The molecule has 1 atom stereocenters. The third-order valence-electron chi connectivity index (χ3n) is 3.08. The number of hydrogen-bond donors (Lipinski definition) is 1. The van der Waals surface area contributed by atoms with E-state index in [1.165, 1.54) is 0 Å². The van der Waals surface area contributed by atoms with Gasteiger partial charge in [-0.2, -0.15) is 11.8 Å². The first-order valence-corrected chi connectivity index (χ1v) is 7.63. The van der Waals surface area contributed by atoms with Crippen LogP contribution in [0.5, 0.6) is 0 Å². The summed E-state index contributed by atoms with van der Waals surface area (Å²) in [6, 6.07) is 0. The minimum atomic E-state index is -0.678. The first-order valence-electron chi connectivity index (χ1n) is 5.49. The fourth-order valence-corrected chi connectivity index (χ4v) is 4.22. The van der Waals surface area contributed by atoms with E-state index in [2.05, 4.69) is 20.4 Å². The van der Waals surface area contributed by atoms with Gasteiger partial charge in [0.05, 0.1) is 0 Å². The molecule has 2 nitrogen and oxygen atoms in total. The lowest BCUT2D eigenvalue weighted by molar-refractivity contribution is -0.232. The Bertz CT molecular complexity index is 253. The summed E-state index contributed by atoms with van der Waals surface area (Å²) in [5, 5.41) is 19.8. The van der Waals surface area contributed by atoms with Crippen molar-refractivity contribution >= 4 is 29.4 Å². The molecule has 0 aliphatic rings. The second-order valence-electron chi connectivity index (χ2n) is 4.16. The van der Waals surface area contributed by atoms with Crippen molar-refractivity contribution in [2.45, 2.75) is 38.9 Å². The van der Waals surface area contributed by atoms with Crippen LogP contribution in [0.3, 0.4) is 0 Å². The summed E-state index contributed by atoms with van der Waals surface area (Å²) >= 11 is 3.57. The lowest BCUT2D eigenvalue weighted by Crippen LogP contribution is -2.49. The molecule has 0 radical (unpaired) electrons. The van der Waals surface area contributed by atoms with E-state index in [4.69, 9.17) is 5.41 Å². The molecule has 94 valence electrons. The van der Waals surface area contributed by atoms with Crippen LogP contribution in [0.2, 0.25) is 0 Å². The van der Waals surface area contributed by atoms with Crippen molar-refractivity contribution in [2.24, 2.45) is 5.41 Å². The van der Waals surface area contributed by atoms with E-state index in [9.17, 15) is 5.11 Å². The highest BCUT2D eigenvalue weighted by atomic mass is 32.2. The molecule has 0 bridgehead atoms. The Morgan fingerprint density at radius 3 is 2.31 bits per heavy atom. The van der Waals surface area contributed by atoms with Gasteiger partial charge in [-0.25, -0.2) is 0 Å². The molecule has 0 aromatic heterocycles. The highest BCUT2D eigenvalue weighted by Crippen LogP contribution is 2.46. The van der Waals surface area contributed by atoms with Crippen molar-refractivity contribution in [1.29, 1.82) is 5.41 Å². The van der Waals surface area contributed by atoms with Crippen LogP contribution in [0.1, 0.15) is 34.1 Å². The summed E-state index contributed by atoms with van der Waals surface area (Å²) < 4.78 is -0.325. The van der Waals surface area contributed by atoms with E-state index < -0.39 is 11.3 Å². The highest BCUT2D eigenvalue weighted by Gasteiger charge is 2.41. The maximum absolute atomic E-state index is 11.5. The Balaban J connectivity index is 4.93. The van der Waals surface area contributed by atoms with E-state index in [1.807, 2.05) is 31.7 Å². The van der Waals surface area contributed by atoms with Crippen LogP contribution in [0, 0.1) is 10.8 Å². The quantitative estimate of drug-likeness (QED) is 0.240. The first-order chi connectivity index (χ1) is 7.38. The van der Waals surface area contributed by atoms with Gasteiger partial charge >= 0.3 is 0 Å². The molecule has 1 N–H and O–H groups in total. The van der Waals surface area contributed by atoms with E-state index in [1.54, 1.807) is 11.8 Å². The fraction of sp³-hybridized carbons (Fsp3) is 0.750. The van der Waals surface area contributed by atoms with Gasteiger partial charge in [-0.3, -0.25) is 0 Å². The summed E-state index contributed by atoms with van der Waals surface area (Å²) in [6.07, 6.45) is 2.67. The zero-order valence-corrected chi connectivity index (χ0v) is 12.3. The molecule has 16 heavy (non-hydrogen) atoms. The minimum absolute atomic E-state index is 0.325. The molecule has 0 spiro atoms. The summed E-state index contributed by atoms with van der Waals surface area (Å²) in [4.78, 5) is 0. The zero-order valence-electron chi connectivity index (χ0n) is 10.6. The molecule has 0 aliphatic carbocycles. The van der Waals surface area contributed by atoms with Gasteiger partial charge in [-0.15, -0.1) is 18.3 Å². The Morgan fingerprint density at radius 2 is 2.00 bits per heavy atom. The molecular formula is C12H22NOS2-. The molecular weight excluding hydrogens is 238 g/mol. The van der Waals surface area contributed by atoms with Gasteiger partial charge < -0.3 is 10.5 Å². The normalized spacial score (nSPS) is 15.5. The summed E-state index contributed by atoms with van der Waals surface area (Å²) in [6.45, 7) is 11.7. The second-order valence-corrected chi connectivity index (χ2v) is 7.10. The van der Waals surface area contributed by atoms with Crippen molar-refractivity contribution in [1.82, 2.24) is 0 Å². The van der Waals surface area contributed by atoms with Crippen molar-refractivity contribution in [3.05, 3.63) is 12.7 Å². The molecule has 4 heteroatoms. The third-order valence-corrected chi connectivity index (χ3v) is 6.11. The molecule has 0 heterocycles. The lowest BCUT2D eigenvalue weighted by atomic mass is 9.76. The van der Waals surface area contributed by atoms with Gasteiger partial charge in [0.2, 0.25) is 0 Å². The van der Waals surface area contributed by atoms with Crippen LogP contribution in [0.15, 0.2) is 12.7 Å². The van der Waals surface area contributed by atoms with E-state index in [-0.39, 0.29) is 4.75 Å². The Labute approximate surface area is 108 Å². The molecule has 0 rings (SSSR count). The van der Waals surface area contributed by atoms with Crippen LogP contribution in [-0.2, 0) is 0 Å². The third kappa shape index (κ3) is 3.20. The average Bonchev–Trinajstić information content (AvgIpc) is 2.24. The number of thioether (sulfide) groups is 2. The Hall–Kier alpha value is -0.0900. The molecule has 0 aromatic carbocycles. The fourth-order valence-electron chi connectivity index (χ4n) is 1.61. The molecule has 0 amide bonds. The van der Waals surface area contributed by atoms with Crippen LogP contribution in [0.4, 0.5) is 0 Å². The summed E-state index contributed by atoms with van der Waals surface area (Å²) in [5.74, 6) is 0.558. The maximum Gasteiger partial charge on any atom is 0.0436 e. The zero-order chi connectivity index (χ0) is 12.8. The largest absolute Gasteiger partial charge is 0.862 e. The van der Waals surface area contributed by atoms with Gasteiger partial charge in [0.1, 0.15) is 0 Å². The van der Waals surface area contributed by atoms with Gasteiger partial charge in [0.25, 0.3) is 0 Å². The van der Waals surface area contributed by atoms with E-state index in [0.717, 1.165) is 17.3 Å². The van der Waals surface area contributed by atoms with Crippen LogP contribution < -0.4 is 5.11 Å². The molecule has 0 saturated carbocycles. The Morgan fingerprint density at radius 1 is 1.44 bits per heavy atom. The topological polar surface area (TPSA) is 46.9 Å². The smallest absolute Gasteiger partial charge is 0.0436 e. The monoisotopic (exact) mass is 260 g/mol. The lowest BCUT2D eigenvalue weighted by Gasteiger charge is -2.46. The van der Waals surface area contributed by atoms with Crippen LogP contribution in [-0.4, -0.2) is 21.5 Å². The van der Waals surface area contributed by atoms with E-state index in [0.29, 0.717) is 0 Å². The molecule has 0 aliphatic heterocycles. The van der Waals surface area contributed by atoms with Crippen molar-refractivity contribution in [2.75, 3.05) is 10.8 Å².